The van der Waals surface area contributed by atoms with Gasteiger partial charge in [0, 0.05) is 24.5 Å². The van der Waals surface area contributed by atoms with Gasteiger partial charge in [0.15, 0.2) is 0 Å². The van der Waals surface area contributed by atoms with Crippen LogP contribution in [-0.2, 0) is 6.54 Å². The summed E-state index contributed by atoms with van der Waals surface area (Å²) in [5.74, 6) is 1.71. The van der Waals surface area contributed by atoms with Gasteiger partial charge in [-0.25, -0.2) is 0 Å². The van der Waals surface area contributed by atoms with E-state index < -0.39 is 0 Å². The molecule has 1 saturated heterocycles. The Morgan fingerprint density at radius 2 is 1.90 bits per heavy atom. The molecule has 2 N–H and O–H groups in total. The van der Waals surface area contributed by atoms with E-state index in [1.54, 1.807) is 23.9 Å². The number of anilines is 1. The summed E-state index contributed by atoms with van der Waals surface area (Å²) in [7, 11) is 0. The van der Waals surface area contributed by atoms with Crippen LogP contribution in [0.1, 0.15) is 47.4 Å². The lowest BCUT2D eigenvalue weighted by atomic mass is 9.89. The fraction of sp³-hybridized carbons (Fsp3) is 0.458. The van der Waals surface area contributed by atoms with Crippen LogP contribution in [0.5, 0.6) is 0 Å². The molecule has 30 heavy (non-hydrogen) atoms. The Bertz CT molecular complexity index is 824. The van der Waals surface area contributed by atoms with E-state index in [1.165, 1.54) is 35.2 Å². The largest absolute Gasteiger partial charge is 0.329 e. The van der Waals surface area contributed by atoms with E-state index in [0.717, 1.165) is 43.9 Å². The van der Waals surface area contributed by atoms with Crippen molar-refractivity contribution in [2.24, 2.45) is 0 Å². The van der Waals surface area contributed by atoms with Gasteiger partial charge in [0.25, 0.3) is 0 Å². The average molecular weight is 441 g/mol. The number of aryl methyl sites for hydroxylation is 1. The van der Waals surface area contributed by atoms with Crippen molar-refractivity contribution in [2.45, 2.75) is 38.6 Å². The summed E-state index contributed by atoms with van der Waals surface area (Å²) in [5.41, 5.74) is 6.04. The Labute approximate surface area is 190 Å². The molecule has 4 nitrogen and oxygen atoms in total. The Balaban J connectivity index is 1.46. The summed E-state index contributed by atoms with van der Waals surface area (Å²) < 4.78 is 6.83. The van der Waals surface area contributed by atoms with E-state index in [-0.39, 0.29) is 0 Å². The summed E-state index contributed by atoms with van der Waals surface area (Å²) in [4.78, 5) is 2.57. The highest BCUT2D eigenvalue weighted by Gasteiger charge is 2.20. The van der Waals surface area contributed by atoms with Gasteiger partial charge in [-0.05, 0) is 86.3 Å². The third-order valence-electron chi connectivity index (χ3n) is 5.66. The summed E-state index contributed by atoms with van der Waals surface area (Å²) >= 11 is 3.47. The molecule has 0 unspecified atom stereocenters. The number of nitrogens with zero attached hydrogens (tertiary/aromatic N) is 2. The van der Waals surface area contributed by atoms with E-state index >= 15 is 0 Å². The molecule has 0 saturated carbocycles. The standard InChI is InChI=1S/C24H32N4S2/c1-19-4-5-21(16-24(19)27-30-15-3-12-26-29-2)18-28-13-10-23(11-14-28)22-8-6-20(17-25)7-9-22/h4-9,16,23,26-27H,3,10-15,18H2,1-2H3. The van der Waals surface area contributed by atoms with Crippen molar-refractivity contribution in [3.63, 3.8) is 0 Å². The first-order valence-electron chi connectivity index (χ1n) is 10.6. The summed E-state index contributed by atoms with van der Waals surface area (Å²) in [6.07, 6.45) is 5.59. The first-order valence-corrected chi connectivity index (χ1v) is 12.9. The van der Waals surface area contributed by atoms with Crippen molar-refractivity contribution >= 4 is 29.6 Å². The van der Waals surface area contributed by atoms with Crippen LogP contribution in [0.25, 0.3) is 0 Å². The van der Waals surface area contributed by atoms with Crippen molar-refractivity contribution in [3.8, 4) is 6.07 Å². The van der Waals surface area contributed by atoms with Crippen LogP contribution in [-0.4, -0.2) is 36.5 Å². The van der Waals surface area contributed by atoms with Crippen LogP contribution in [0.2, 0.25) is 0 Å². The summed E-state index contributed by atoms with van der Waals surface area (Å²) in [6, 6.07) is 17.2. The van der Waals surface area contributed by atoms with Gasteiger partial charge in [-0.2, -0.15) is 5.26 Å². The normalized spacial score (nSPS) is 15.1. The molecule has 1 aliphatic rings. The highest BCUT2D eigenvalue weighted by Crippen LogP contribution is 2.29. The van der Waals surface area contributed by atoms with Crippen LogP contribution in [0.4, 0.5) is 5.69 Å². The third kappa shape index (κ3) is 6.95. The number of hydrogen-bond acceptors (Lipinski definition) is 6. The zero-order valence-electron chi connectivity index (χ0n) is 18.0. The molecule has 2 aromatic rings. The number of nitriles is 1. The van der Waals surface area contributed by atoms with Crippen molar-refractivity contribution in [1.82, 2.24) is 9.62 Å². The molecule has 0 bridgehead atoms. The minimum absolute atomic E-state index is 0.612. The zero-order chi connectivity index (χ0) is 21.2. The van der Waals surface area contributed by atoms with Crippen LogP contribution >= 0.6 is 23.9 Å². The zero-order valence-corrected chi connectivity index (χ0v) is 19.6. The highest BCUT2D eigenvalue weighted by molar-refractivity contribution is 8.00. The SMILES string of the molecule is CSNCCCSNc1cc(CN2CCC(c3ccc(C#N)cc3)CC2)ccc1C. The molecule has 1 aliphatic heterocycles. The van der Waals surface area contributed by atoms with Crippen LogP contribution in [0, 0.1) is 18.3 Å². The summed E-state index contributed by atoms with van der Waals surface area (Å²) in [5, 5.41) is 8.98. The van der Waals surface area contributed by atoms with Gasteiger partial charge < -0.3 is 4.72 Å². The molecule has 0 atom stereocenters. The molecular formula is C24H32N4S2. The Morgan fingerprint density at radius 3 is 2.60 bits per heavy atom. The van der Waals surface area contributed by atoms with Crippen molar-refractivity contribution in [2.75, 3.05) is 36.4 Å². The van der Waals surface area contributed by atoms with E-state index in [9.17, 15) is 0 Å². The van der Waals surface area contributed by atoms with Crippen LogP contribution < -0.4 is 9.44 Å². The lowest BCUT2D eigenvalue weighted by Crippen LogP contribution is -2.32. The lowest BCUT2D eigenvalue weighted by Gasteiger charge is -2.32. The fourth-order valence-corrected chi connectivity index (χ4v) is 4.95. The van der Waals surface area contributed by atoms with Gasteiger partial charge in [0.1, 0.15) is 0 Å². The second-order valence-corrected chi connectivity index (χ2v) is 9.43. The van der Waals surface area contributed by atoms with E-state index in [4.69, 9.17) is 5.26 Å². The molecule has 0 amide bonds. The lowest BCUT2D eigenvalue weighted by molar-refractivity contribution is 0.204. The second-order valence-electron chi connectivity index (χ2n) is 7.84. The third-order valence-corrected chi connectivity index (χ3v) is 7.01. The predicted octanol–water partition coefficient (Wildman–Crippen LogP) is 5.56. The van der Waals surface area contributed by atoms with E-state index in [2.05, 4.69) is 63.9 Å². The maximum Gasteiger partial charge on any atom is 0.0991 e. The maximum absolute atomic E-state index is 8.98. The molecular weight excluding hydrogens is 408 g/mol. The minimum Gasteiger partial charge on any atom is -0.329 e. The smallest absolute Gasteiger partial charge is 0.0991 e. The number of benzene rings is 2. The van der Waals surface area contributed by atoms with Gasteiger partial charge in [0.05, 0.1) is 11.6 Å². The molecule has 160 valence electrons. The second kappa shape index (κ2) is 12.3. The minimum atomic E-state index is 0.612. The van der Waals surface area contributed by atoms with Gasteiger partial charge in [-0.1, -0.05) is 48.2 Å². The molecule has 6 heteroatoms. The molecule has 0 aromatic heterocycles. The first-order chi connectivity index (χ1) is 14.7. The maximum atomic E-state index is 8.98. The Kier molecular flexibility index (Phi) is 9.41. The summed E-state index contributed by atoms with van der Waals surface area (Å²) in [6.45, 7) is 6.48. The van der Waals surface area contributed by atoms with Gasteiger partial charge in [-0.3, -0.25) is 9.62 Å². The predicted molar refractivity (Wildman–Crippen MR) is 132 cm³/mol. The Hall–Kier alpha value is -1.65. The van der Waals surface area contributed by atoms with Crippen molar-refractivity contribution in [3.05, 3.63) is 64.7 Å². The number of piperidine rings is 1. The van der Waals surface area contributed by atoms with Crippen LogP contribution in [0.3, 0.4) is 0 Å². The molecule has 1 fully saturated rings. The highest BCUT2D eigenvalue weighted by atomic mass is 32.2. The van der Waals surface area contributed by atoms with E-state index in [1.807, 2.05) is 12.1 Å². The molecule has 0 spiro atoms. The van der Waals surface area contributed by atoms with Gasteiger partial charge >= 0.3 is 0 Å². The molecule has 1 heterocycles. The topological polar surface area (TPSA) is 51.1 Å². The average Bonchev–Trinajstić information content (AvgIpc) is 2.79. The quantitative estimate of drug-likeness (QED) is 0.372. The van der Waals surface area contributed by atoms with Gasteiger partial charge in [-0.15, -0.1) is 0 Å². The van der Waals surface area contributed by atoms with Gasteiger partial charge in [0.2, 0.25) is 0 Å². The number of rotatable bonds is 10. The molecule has 3 rings (SSSR count). The van der Waals surface area contributed by atoms with E-state index in [0.29, 0.717) is 5.92 Å². The first kappa shape index (κ1) is 23.0. The molecule has 0 radical (unpaired) electrons. The molecule has 0 aliphatic carbocycles. The van der Waals surface area contributed by atoms with Crippen LogP contribution in [0.15, 0.2) is 42.5 Å². The monoisotopic (exact) mass is 440 g/mol. The molecule has 2 aromatic carbocycles. The fourth-order valence-electron chi connectivity index (χ4n) is 3.84. The number of likely N-dealkylation sites (tertiary alicyclic amines) is 1. The van der Waals surface area contributed by atoms with Crippen molar-refractivity contribution in [1.29, 1.82) is 5.26 Å². The number of nitrogens with one attached hydrogen (secondary N) is 2. The number of hydrogen-bond donors (Lipinski definition) is 2. The van der Waals surface area contributed by atoms with Crippen molar-refractivity contribution < 1.29 is 0 Å². The Morgan fingerprint density at radius 1 is 1.13 bits per heavy atom.